The summed E-state index contributed by atoms with van der Waals surface area (Å²) >= 11 is 0. The Bertz CT molecular complexity index is 592. The van der Waals surface area contributed by atoms with Crippen LogP contribution in [-0.2, 0) is 0 Å². The molecular weight excluding hydrogens is 248 g/mol. The molecule has 2 saturated heterocycles. The van der Waals surface area contributed by atoms with E-state index in [0.29, 0.717) is 12.0 Å². The van der Waals surface area contributed by atoms with Crippen LogP contribution in [-0.4, -0.2) is 35.7 Å². The van der Waals surface area contributed by atoms with Gasteiger partial charge in [-0.05, 0) is 51.0 Å². The number of benzene rings is 1. The van der Waals surface area contributed by atoms with Crippen molar-refractivity contribution in [2.75, 3.05) is 26.2 Å². The molecule has 0 amide bonds. The Kier molecular flexibility index (Phi) is 3.20. The van der Waals surface area contributed by atoms with E-state index in [2.05, 4.69) is 39.5 Å². The summed E-state index contributed by atoms with van der Waals surface area (Å²) in [7, 11) is 0. The third-order valence-electron chi connectivity index (χ3n) is 4.72. The maximum absolute atomic E-state index is 4.97. The van der Waals surface area contributed by atoms with E-state index in [1.165, 1.54) is 30.6 Å². The molecule has 2 fully saturated rings. The van der Waals surface area contributed by atoms with Gasteiger partial charge in [0.25, 0.3) is 0 Å². The first kappa shape index (κ1) is 12.4. The van der Waals surface area contributed by atoms with Crippen LogP contribution in [0.4, 0.5) is 0 Å². The fourth-order valence-corrected chi connectivity index (χ4v) is 3.67. The molecule has 0 aliphatic carbocycles. The Hall–Kier alpha value is -1.39. The van der Waals surface area contributed by atoms with E-state index in [1.807, 2.05) is 0 Å². The van der Waals surface area contributed by atoms with Gasteiger partial charge in [-0.15, -0.1) is 0 Å². The normalized spacial score (nSPS) is 24.5. The molecule has 2 aromatic rings. The highest BCUT2D eigenvalue weighted by molar-refractivity contribution is 5.76. The van der Waals surface area contributed by atoms with Crippen LogP contribution in [0.2, 0.25) is 0 Å². The van der Waals surface area contributed by atoms with Crippen LogP contribution < -0.4 is 10.6 Å². The van der Waals surface area contributed by atoms with Crippen LogP contribution in [0.15, 0.2) is 24.3 Å². The lowest BCUT2D eigenvalue weighted by Gasteiger charge is -2.27. The minimum Gasteiger partial charge on any atom is -0.324 e. The maximum Gasteiger partial charge on any atom is 0.114 e. The highest BCUT2D eigenvalue weighted by Crippen LogP contribution is 2.32. The lowest BCUT2D eigenvalue weighted by Crippen LogP contribution is -2.30. The highest BCUT2D eigenvalue weighted by atomic mass is 15.1. The summed E-state index contributed by atoms with van der Waals surface area (Å²) in [5, 5.41) is 6.95. The predicted molar refractivity (Wildman–Crippen MR) is 81.1 cm³/mol. The summed E-state index contributed by atoms with van der Waals surface area (Å²) in [5.74, 6) is 1.89. The summed E-state index contributed by atoms with van der Waals surface area (Å²) < 4.78 is 2.55. The van der Waals surface area contributed by atoms with E-state index in [1.54, 1.807) is 0 Å². The Morgan fingerprint density at radius 2 is 1.80 bits per heavy atom. The number of aromatic nitrogens is 2. The van der Waals surface area contributed by atoms with Crippen molar-refractivity contribution >= 4 is 11.0 Å². The first-order valence-corrected chi connectivity index (χ1v) is 7.82. The van der Waals surface area contributed by atoms with Crippen LogP contribution >= 0.6 is 0 Å². The average molecular weight is 270 g/mol. The number of nitrogens with one attached hydrogen (secondary N) is 2. The molecule has 1 unspecified atom stereocenters. The lowest BCUT2D eigenvalue weighted by molar-refractivity contribution is 0.362. The third-order valence-corrected chi connectivity index (χ3v) is 4.72. The summed E-state index contributed by atoms with van der Waals surface area (Å²) in [6.45, 7) is 4.45. The number of piperidine rings is 1. The molecule has 4 nitrogen and oxygen atoms in total. The summed E-state index contributed by atoms with van der Waals surface area (Å²) in [6, 6.07) is 9.23. The number of rotatable bonds is 2. The Morgan fingerprint density at radius 1 is 1.00 bits per heavy atom. The SMILES string of the molecule is c1ccc2c(c1)nc(C1CCNC1)n2C1CCNCC1. The molecule has 2 aliphatic rings. The standard InChI is InChI=1S/C16H22N4/c1-2-4-15-14(3-1)19-16(12-5-8-18-11-12)20(15)13-6-9-17-10-7-13/h1-4,12-13,17-18H,5-11H2. The van der Waals surface area contributed by atoms with Gasteiger partial charge in [-0.25, -0.2) is 4.98 Å². The maximum atomic E-state index is 4.97. The smallest absolute Gasteiger partial charge is 0.114 e. The van der Waals surface area contributed by atoms with E-state index in [4.69, 9.17) is 4.98 Å². The average Bonchev–Trinajstić information content (AvgIpc) is 3.15. The molecule has 1 aromatic heterocycles. The monoisotopic (exact) mass is 270 g/mol. The van der Waals surface area contributed by atoms with Crippen molar-refractivity contribution in [3.63, 3.8) is 0 Å². The molecule has 4 rings (SSSR count). The third kappa shape index (κ3) is 2.03. The molecule has 2 N–H and O–H groups in total. The molecule has 0 bridgehead atoms. The van der Waals surface area contributed by atoms with Gasteiger partial charge in [0.1, 0.15) is 5.82 Å². The second-order valence-corrected chi connectivity index (χ2v) is 6.00. The Morgan fingerprint density at radius 3 is 2.60 bits per heavy atom. The van der Waals surface area contributed by atoms with Crippen LogP contribution in [0.5, 0.6) is 0 Å². The summed E-state index contributed by atoms with van der Waals surface area (Å²) in [6.07, 6.45) is 3.65. The van der Waals surface area contributed by atoms with Gasteiger partial charge in [0.15, 0.2) is 0 Å². The van der Waals surface area contributed by atoms with E-state index >= 15 is 0 Å². The largest absolute Gasteiger partial charge is 0.324 e. The van der Waals surface area contributed by atoms with Gasteiger partial charge < -0.3 is 15.2 Å². The van der Waals surface area contributed by atoms with Crippen LogP contribution in [0.1, 0.15) is 37.0 Å². The van der Waals surface area contributed by atoms with Crippen molar-refractivity contribution in [3.8, 4) is 0 Å². The van der Waals surface area contributed by atoms with E-state index in [9.17, 15) is 0 Å². The van der Waals surface area contributed by atoms with Crippen molar-refractivity contribution in [3.05, 3.63) is 30.1 Å². The zero-order chi connectivity index (χ0) is 13.4. The van der Waals surface area contributed by atoms with Crippen molar-refractivity contribution in [2.24, 2.45) is 0 Å². The number of hydrogen-bond acceptors (Lipinski definition) is 3. The molecule has 1 atom stereocenters. The molecule has 4 heteroatoms. The number of nitrogens with zero attached hydrogens (tertiary/aromatic N) is 2. The topological polar surface area (TPSA) is 41.9 Å². The predicted octanol–water partition coefficient (Wildman–Crippen LogP) is 2.04. The summed E-state index contributed by atoms with van der Waals surface area (Å²) in [4.78, 5) is 4.97. The molecule has 1 aromatic carbocycles. The fourth-order valence-electron chi connectivity index (χ4n) is 3.67. The van der Waals surface area contributed by atoms with Gasteiger partial charge in [-0.3, -0.25) is 0 Å². The van der Waals surface area contributed by atoms with Crippen LogP contribution in [0, 0.1) is 0 Å². The molecule has 106 valence electrons. The van der Waals surface area contributed by atoms with Crippen LogP contribution in [0.3, 0.4) is 0 Å². The molecule has 3 heterocycles. The van der Waals surface area contributed by atoms with Gasteiger partial charge in [0.05, 0.1) is 11.0 Å². The second-order valence-electron chi connectivity index (χ2n) is 6.00. The van der Waals surface area contributed by atoms with Gasteiger partial charge in [-0.1, -0.05) is 12.1 Å². The van der Waals surface area contributed by atoms with Crippen molar-refractivity contribution in [1.29, 1.82) is 0 Å². The minimum atomic E-state index is 0.581. The first-order valence-electron chi connectivity index (χ1n) is 7.82. The molecule has 2 aliphatic heterocycles. The van der Waals surface area contributed by atoms with Gasteiger partial charge in [0.2, 0.25) is 0 Å². The number of imidazole rings is 1. The molecule has 0 radical (unpaired) electrons. The summed E-state index contributed by atoms with van der Waals surface area (Å²) in [5.41, 5.74) is 2.48. The quantitative estimate of drug-likeness (QED) is 0.877. The van der Waals surface area contributed by atoms with E-state index < -0.39 is 0 Å². The molecular formula is C16H22N4. The Labute approximate surface area is 119 Å². The van der Waals surface area contributed by atoms with E-state index in [-0.39, 0.29) is 0 Å². The zero-order valence-corrected chi connectivity index (χ0v) is 11.8. The van der Waals surface area contributed by atoms with Crippen LogP contribution in [0.25, 0.3) is 11.0 Å². The van der Waals surface area contributed by atoms with Gasteiger partial charge in [-0.2, -0.15) is 0 Å². The van der Waals surface area contributed by atoms with Crippen molar-refractivity contribution in [1.82, 2.24) is 20.2 Å². The van der Waals surface area contributed by atoms with E-state index in [0.717, 1.165) is 31.7 Å². The Balaban J connectivity index is 1.83. The highest BCUT2D eigenvalue weighted by Gasteiger charge is 2.27. The first-order chi connectivity index (χ1) is 9.93. The number of hydrogen-bond donors (Lipinski definition) is 2. The zero-order valence-electron chi connectivity index (χ0n) is 11.8. The minimum absolute atomic E-state index is 0.581. The second kappa shape index (κ2) is 5.19. The fraction of sp³-hybridized carbons (Fsp3) is 0.562. The number of para-hydroxylation sites is 2. The lowest BCUT2D eigenvalue weighted by atomic mass is 10.0. The van der Waals surface area contributed by atoms with Gasteiger partial charge in [0, 0.05) is 18.5 Å². The molecule has 0 saturated carbocycles. The molecule has 20 heavy (non-hydrogen) atoms. The number of fused-ring (bicyclic) bond motifs is 1. The van der Waals surface area contributed by atoms with Crippen molar-refractivity contribution in [2.45, 2.75) is 31.2 Å². The van der Waals surface area contributed by atoms with Crippen molar-refractivity contribution < 1.29 is 0 Å². The molecule has 0 spiro atoms. The van der Waals surface area contributed by atoms with Gasteiger partial charge >= 0.3 is 0 Å².